The van der Waals surface area contributed by atoms with Gasteiger partial charge in [-0.1, -0.05) is 12.1 Å². The predicted octanol–water partition coefficient (Wildman–Crippen LogP) is 2.09. The van der Waals surface area contributed by atoms with Gasteiger partial charge in [-0.2, -0.15) is 9.97 Å². The number of rotatable bonds is 4. The van der Waals surface area contributed by atoms with Gasteiger partial charge < -0.3 is 14.9 Å². The number of carbonyl (C=O) groups is 1. The fourth-order valence-corrected chi connectivity index (χ4v) is 2.43. The summed E-state index contributed by atoms with van der Waals surface area (Å²) in [6, 6.07) is 6.50. The third-order valence-corrected chi connectivity index (χ3v) is 3.38. The first kappa shape index (κ1) is 13.4. The van der Waals surface area contributed by atoms with Crippen LogP contribution in [0.25, 0.3) is 0 Å². The highest BCUT2D eigenvalue weighted by molar-refractivity contribution is 5.70. The molecular formula is C15H14N2O4. The number of hydrogen-bond donors (Lipinski definition) is 2. The van der Waals surface area contributed by atoms with Crippen molar-refractivity contribution in [2.24, 2.45) is 0 Å². The Hall–Kier alpha value is -2.63. The fraction of sp³-hybridized carbons (Fsp3) is 0.267. The van der Waals surface area contributed by atoms with Crippen LogP contribution in [0.4, 0.5) is 0 Å². The highest BCUT2D eigenvalue weighted by atomic mass is 16.5. The maximum absolute atomic E-state index is 10.6. The maximum Gasteiger partial charge on any atom is 0.317 e. The number of hydrogen-bond acceptors (Lipinski definition) is 5. The van der Waals surface area contributed by atoms with Gasteiger partial charge in [0, 0.05) is 5.56 Å². The van der Waals surface area contributed by atoms with Gasteiger partial charge in [0.1, 0.15) is 5.75 Å². The molecule has 1 aliphatic carbocycles. The molecule has 0 spiro atoms. The SMILES string of the molecule is O=C(O)Cc1ccc(Oc2nc(O)nc3c2CCC3)cc1. The minimum Gasteiger partial charge on any atom is -0.481 e. The molecule has 6 heteroatoms. The van der Waals surface area contributed by atoms with E-state index in [9.17, 15) is 9.90 Å². The standard InChI is InChI=1S/C15H14N2O4/c18-13(19)8-9-4-6-10(7-5-9)21-14-11-2-1-3-12(11)16-15(20)17-14/h4-7H,1-3,8H2,(H,18,19)(H,16,17,20). The number of benzene rings is 1. The van der Waals surface area contributed by atoms with Gasteiger partial charge in [0.25, 0.3) is 0 Å². The van der Waals surface area contributed by atoms with E-state index in [-0.39, 0.29) is 12.4 Å². The Morgan fingerprint density at radius 3 is 2.67 bits per heavy atom. The monoisotopic (exact) mass is 286 g/mol. The van der Waals surface area contributed by atoms with E-state index in [4.69, 9.17) is 9.84 Å². The molecule has 6 nitrogen and oxygen atoms in total. The van der Waals surface area contributed by atoms with E-state index in [2.05, 4.69) is 9.97 Å². The number of carboxylic acid groups (broad SMARTS) is 1. The van der Waals surface area contributed by atoms with Crippen LogP contribution in [0, 0.1) is 0 Å². The topological polar surface area (TPSA) is 92.5 Å². The van der Waals surface area contributed by atoms with E-state index < -0.39 is 5.97 Å². The van der Waals surface area contributed by atoms with E-state index in [0.29, 0.717) is 17.2 Å². The van der Waals surface area contributed by atoms with Crippen LogP contribution in [-0.2, 0) is 24.1 Å². The highest BCUT2D eigenvalue weighted by Gasteiger charge is 2.20. The third kappa shape index (κ3) is 2.94. The summed E-state index contributed by atoms with van der Waals surface area (Å²) < 4.78 is 5.70. The van der Waals surface area contributed by atoms with E-state index in [1.54, 1.807) is 24.3 Å². The van der Waals surface area contributed by atoms with E-state index >= 15 is 0 Å². The van der Waals surface area contributed by atoms with Crippen LogP contribution in [0.5, 0.6) is 17.6 Å². The first-order valence-electron chi connectivity index (χ1n) is 6.69. The minimum atomic E-state index is -0.873. The number of fused-ring (bicyclic) bond motifs is 1. The summed E-state index contributed by atoms with van der Waals surface area (Å²) in [6.07, 6.45) is 2.60. The summed E-state index contributed by atoms with van der Waals surface area (Å²) in [5.41, 5.74) is 2.47. The lowest BCUT2D eigenvalue weighted by atomic mass is 10.1. The van der Waals surface area contributed by atoms with Crippen molar-refractivity contribution in [2.75, 3.05) is 0 Å². The van der Waals surface area contributed by atoms with E-state index in [0.717, 1.165) is 30.5 Å². The molecule has 0 saturated carbocycles. The molecule has 0 atom stereocenters. The molecule has 0 aliphatic heterocycles. The van der Waals surface area contributed by atoms with Crippen LogP contribution in [0.15, 0.2) is 24.3 Å². The van der Waals surface area contributed by atoms with Gasteiger partial charge in [-0.05, 0) is 37.0 Å². The predicted molar refractivity (Wildman–Crippen MR) is 73.6 cm³/mol. The number of aryl methyl sites for hydroxylation is 1. The molecule has 3 rings (SSSR count). The van der Waals surface area contributed by atoms with Crippen LogP contribution in [0.2, 0.25) is 0 Å². The molecule has 0 saturated heterocycles. The number of aromatic hydroxyl groups is 1. The second-order valence-electron chi connectivity index (χ2n) is 4.92. The molecule has 108 valence electrons. The Kier molecular flexibility index (Phi) is 3.43. The smallest absolute Gasteiger partial charge is 0.317 e. The number of carboxylic acids is 1. The molecular weight excluding hydrogens is 272 g/mol. The number of ether oxygens (including phenoxy) is 1. The Balaban J connectivity index is 1.82. The second-order valence-corrected chi connectivity index (χ2v) is 4.92. The Morgan fingerprint density at radius 1 is 1.19 bits per heavy atom. The van der Waals surface area contributed by atoms with Crippen molar-refractivity contribution in [3.8, 4) is 17.6 Å². The summed E-state index contributed by atoms with van der Waals surface area (Å²) in [5.74, 6) is 0.0551. The molecule has 0 bridgehead atoms. The van der Waals surface area contributed by atoms with E-state index in [1.165, 1.54) is 0 Å². The van der Waals surface area contributed by atoms with Crippen molar-refractivity contribution in [1.82, 2.24) is 9.97 Å². The molecule has 2 aromatic rings. The summed E-state index contributed by atoms with van der Waals surface area (Å²) in [4.78, 5) is 18.6. The number of aliphatic carboxylic acids is 1. The zero-order valence-corrected chi connectivity index (χ0v) is 11.2. The highest BCUT2D eigenvalue weighted by Crippen LogP contribution is 2.32. The average Bonchev–Trinajstić information content (AvgIpc) is 2.88. The van der Waals surface area contributed by atoms with Gasteiger partial charge >= 0.3 is 12.0 Å². The quantitative estimate of drug-likeness (QED) is 0.894. The van der Waals surface area contributed by atoms with Gasteiger partial charge in [0.15, 0.2) is 0 Å². The lowest BCUT2D eigenvalue weighted by Gasteiger charge is -2.09. The maximum atomic E-state index is 10.6. The van der Waals surface area contributed by atoms with Crippen molar-refractivity contribution in [1.29, 1.82) is 0 Å². The molecule has 1 aromatic carbocycles. The van der Waals surface area contributed by atoms with Gasteiger partial charge in [-0.3, -0.25) is 4.79 Å². The average molecular weight is 286 g/mol. The Labute approximate surface area is 121 Å². The largest absolute Gasteiger partial charge is 0.481 e. The van der Waals surface area contributed by atoms with Crippen LogP contribution >= 0.6 is 0 Å². The summed E-state index contributed by atoms with van der Waals surface area (Å²) in [6.45, 7) is 0. The van der Waals surface area contributed by atoms with Gasteiger partial charge in [0.05, 0.1) is 12.1 Å². The van der Waals surface area contributed by atoms with Crippen LogP contribution < -0.4 is 4.74 Å². The lowest BCUT2D eigenvalue weighted by Crippen LogP contribution is -2.00. The van der Waals surface area contributed by atoms with Crippen molar-refractivity contribution >= 4 is 5.97 Å². The molecule has 0 amide bonds. The summed E-state index contributed by atoms with van der Waals surface area (Å²) in [7, 11) is 0. The van der Waals surface area contributed by atoms with Gasteiger partial charge in [-0.15, -0.1) is 0 Å². The molecule has 2 N–H and O–H groups in total. The lowest BCUT2D eigenvalue weighted by molar-refractivity contribution is -0.136. The molecule has 0 unspecified atom stereocenters. The molecule has 1 heterocycles. The summed E-state index contributed by atoms with van der Waals surface area (Å²) in [5, 5.41) is 18.3. The Morgan fingerprint density at radius 2 is 1.95 bits per heavy atom. The van der Waals surface area contributed by atoms with Crippen LogP contribution in [0.1, 0.15) is 23.2 Å². The minimum absolute atomic E-state index is 0.0238. The summed E-state index contributed by atoms with van der Waals surface area (Å²) >= 11 is 0. The molecule has 21 heavy (non-hydrogen) atoms. The van der Waals surface area contributed by atoms with Crippen LogP contribution in [-0.4, -0.2) is 26.2 Å². The van der Waals surface area contributed by atoms with Crippen molar-refractivity contribution in [3.05, 3.63) is 41.1 Å². The van der Waals surface area contributed by atoms with E-state index in [1.807, 2.05) is 0 Å². The molecule has 1 aromatic heterocycles. The third-order valence-electron chi connectivity index (χ3n) is 3.38. The first-order chi connectivity index (χ1) is 10.1. The van der Waals surface area contributed by atoms with Crippen molar-refractivity contribution < 1.29 is 19.7 Å². The van der Waals surface area contributed by atoms with Crippen molar-refractivity contribution in [3.63, 3.8) is 0 Å². The molecule has 0 fully saturated rings. The normalized spacial score (nSPS) is 13.0. The van der Waals surface area contributed by atoms with Crippen molar-refractivity contribution in [2.45, 2.75) is 25.7 Å². The number of nitrogens with zero attached hydrogens (tertiary/aromatic N) is 2. The van der Waals surface area contributed by atoms with Gasteiger partial charge in [-0.25, -0.2) is 0 Å². The molecule has 1 aliphatic rings. The molecule has 0 radical (unpaired) electrons. The zero-order chi connectivity index (χ0) is 14.8. The van der Waals surface area contributed by atoms with Gasteiger partial charge in [0.2, 0.25) is 5.88 Å². The fourth-order valence-electron chi connectivity index (χ4n) is 2.43. The number of aromatic nitrogens is 2. The Bertz CT molecular complexity index is 683. The second kappa shape index (κ2) is 5.40. The zero-order valence-electron chi connectivity index (χ0n) is 11.2. The first-order valence-corrected chi connectivity index (χ1v) is 6.69. The van der Waals surface area contributed by atoms with Crippen LogP contribution in [0.3, 0.4) is 0 Å².